The third-order valence-corrected chi connectivity index (χ3v) is 5.72. The SMILES string of the molecule is COc1cccc(Cn2nc(C(=O)O)c3c2-c2ccc(OCc4cncnc4)cc2CC3)c1. The van der Waals surface area contributed by atoms with Gasteiger partial charge in [-0.3, -0.25) is 4.68 Å². The summed E-state index contributed by atoms with van der Waals surface area (Å²) in [4.78, 5) is 19.9. The molecule has 0 aliphatic heterocycles. The summed E-state index contributed by atoms with van der Waals surface area (Å²) in [7, 11) is 1.62. The summed E-state index contributed by atoms with van der Waals surface area (Å²) in [6, 6.07) is 13.6. The molecule has 8 heteroatoms. The lowest BCUT2D eigenvalue weighted by molar-refractivity contribution is 0.0688. The van der Waals surface area contributed by atoms with E-state index in [1.807, 2.05) is 42.5 Å². The second kappa shape index (κ2) is 8.74. The van der Waals surface area contributed by atoms with Crippen LogP contribution in [0.3, 0.4) is 0 Å². The molecule has 5 rings (SSSR count). The number of hydrogen-bond donors (Lipinski definition) is 1. The van der Waals surface area contributed by atoms with Gasteiger partial charge < -0.3 is 14.6 Å². The normalized spacial score (nSPS) is 12.0. The number of carboxylic acids is 1. The fourth-order valence-corrected chi connectivity index (χ4v) is 4.20. The average Bonchev–Trinajstić information content (AvgIpc) is 3.22. The molecule has 0 fully saturated rings. The van der Waals surface area contributed by atoms with Gasteiger partial charge in [-0.1, -0.05) is 12.1 Å². The lowest BCUT2D eigenvalue weighted by Gasteiger charge is -2.20. The van der Waals surface area contributed by atoms with Crippen molar-refractivity contribution in [1.29, 1.82) is 0 Å². The van der Waals surface area contributed by atoms with E-state index < -0.39 is 5.97 Å². The molecule has 0 spiro atoms. The van der Waals surface area contributed by atoms with Crippen LogP contribution in [0.1, 0.15) is 32.7 Å². The topological polar surface area (TPSA) is 99.4 Å². The van der Waals surface area contributed by atoms with E-state index in [0.717, 1.165) is 51.4 Å². The number of carbonyl (C=O) groups is 1. The molecule has 0 saturated carbocycles. The number of aryl methyl sites for hydroxylation is 1. The molecule has 1 N–H and O–H groups in total. The average molecular weight is 442 g/mol. The van der Waals surface area contributed by atoms with Crippen LogP contribution >= 0.6 is 0 Å². The zero-order valence-electron chi connectivity index (χ0n) is 18.1. The van der Waals surface area contributed by atoms with Gasteiger partial charge in [-0.25, -0.2) is 14.8 Å². The molecule has 166 valence electrons. The van der Waals surface area contributed by atoms with Gasteiger partial charge in [-0.15, -0.1) is 0 Å². The maximum atomic E-state index is 11.9. The molecule has 0 unspecified atom stereocenters. The lowest BCUT2D eigenvalue weighted by Crippen LogP contribution is -2.10. The molecule has 4 aromatic rings. The monoisotopic (exact) mass is 442 g/mol. The minimum Gasteiger partial charge on any atom is -0.497 e. The maximum Gasteiger partial charge on any atom is 0.356 e. The highest BCUT2D eigenvalue weighted by molar-refractivity contribution is 5.90. The summed E-state index contributed by atoms with van der Waals surface area (Å²) in [5.74, 6) is 0.487. The van der Waals surface area contributed by atoms with E-state index in [9.17, 15) is 9.90 Å². The number of aromatic carboxylic acids is 1. The van der Waals surface area contributed by atoms with Gasteiger partial charge in [-0.05, 0) is 54.3 Å². The predicted molar refractivity (Wildman–Crippen MR) is 120 cm³/mol. The number of methoxy groups -OCH3 is 1. The zero-order chi connectivity index (χ0) is 22.8. The fraction of sp³-hybridized carbons (Fsp3) is 0.200. The smallest absolute Gasteiger partial charge is 0.356 e. The van der Waals surface area contributed by atoms with Crippen LogP contribution in [0.25, 0.3) is 11.3 Å². The first-order valence-corrected chi connectivity index (χ1v) is 10.6. The fourth-order valence-electron chi connectivity index (χ4n) is 4.20. The van der Waals surface area contributed by atoms with Crippen molar-refractivity contribution in [2.45, 2.75) is 26.0 Å². The summed E-state index contributed by atoms with van der Waals surface area (Å²) in [6.07, 6.45) is 6.27. The van der Waals surface area contributed by atoms with Gasteiger partial charge in [0.1, 0.15) is 24.4 Å². The molecule has 8 nitrogen and oxygen atoms in total. The summed E-state index contributed by atoms with van der Waals surface area (Å²) in [6.45, 7) is 0.820. The van der Waals surface area contributed by atoms with E-state index in [-0.39, 0.29) is 5.69 Å². The van der Waals surface area contributed by atoms with Gasteiger partial charge in [0.2, 0.25) is 0 Å². The molecule has 0 atom stereocenters. The van der Waals surface area contributed by atoms with Crippen molar-refractivity contribution in [3.05, 3.63) is 89.1 Å². The molecule has 0 saturated heterocycles. The first-order valence-electron chi connectivity index (χ1n) is 10.6. The predicted octanol–water partition coefficient (Wildman–Crippen LogP) is 3.77. The van der Waals surface area contributed by atoms with Crippen molar-refractivity contribution in [1.82, 2.24) is 19.7 Å². The van der Waals surface area contributed by atoms with Gasteiger partial charge in [0, 0.05) is 29.1 Å². The van der Waals surface area contributed by atoms with Gasteiger partial charge in [0.15, 0.2) is 5.69 Å². The van der Waals surface area contributed by atoms with Gasteiger partial charge in [0.05, 0.1) is 19.3 Å². The van der Waals surface area contributed by atoms with E-state index in [1.165, 1.54) is 6.33 Å². The van der Waals surface area contributed by atoms with Crippen LogP contribution in [0.15, 0.2) is 61.2 Å². The third kappa shape index (κ3) is 4.15. The van der Waals surface area contributed by atoms with Crippen LogP contribution in [0.5, 0.6) is 11.5 Å². The Morgan fingerprint density at radius 2 is 1.91 bits per heavy atom. The quantitative estimate of drug-likeness (QED) is 0.465. The van der Waals surface area contributed by atoms with Crippen molar-refractivity contribution in [2.75, 3.05) is 7.11 Å². The number of ether oxygens (including phenoxy) is 2. The van der Waals surface area contributed by atoms with Crippen LogP contribution in [-0.2, 0) is 26.0 Å². The van der Waals surface area contributed by atoms with E-state index in [2.05, 4.69) is 15.1 Å². The van der Waals surface area contributed by atoms with Crippen molar-refractivity contribution in [3.8, 4) is 22.8 Å². The Morgan fingerprint density at radius 3 is 2.70 bits per heavy atom. The highest BCUT2D eigenvalue weighted by atomic mass is 16.5. The van der Waals surface area contributed by atoms with E-state index >= 15 is 0 Å². The van der Waals surface area contributed by atoms with Crippen molar-refractivity contribution in [3.63, 3.8) is 0 Å². The molecule has 2 heterocycles. The van der Waals surface area contributed by atoms with E-state index in [0.29, 0.717) is 19.6 Å². The minimum atomic E-state index is -1.01. The number of aromatic nitrogens is 4. The van der Waals surface area contributed by atoms with Gasteiger partial charge in [0.25, 0.3) is 0 Å². The van der Waals surface area contributed by atoms with Crippen molar-refractivity contribution >= 4 is 5.97 Å². The number of nitrogens with zero attached hydrogens (tertiary/aromatic N) is 4. The van der Waals surface area contributed by atoms with Crippen LogP contribution in [-0.4, -0.2) is 37.9 Å². The number of carboxylic acid groups (broad SMARTS) is 1. The highest BCUT2D eigenvalue weighted by Crippen LogP contribution is 2.37. The minimum absolute atomic E-state index is 0.114. The van der Waals surface area contributed by atoms with Crippen LogP contribution < -0.4 is 9.47 Å². The number of rotatable bonds is 7. The third-order valence-electron chi connectivity index (χ3n) is 5.72. The summed E-state index contributed by atoms with van der Waals surface area (Å²) >= 11 is 0. The molecule has 0 radical (unpaired) electrons. The van der Waals surface area contributed by atoms with Crippen molar-refractivity contribution in [2.24, 2.45) is 0 Å². The van der Waals surface area contributed by atoms with Gasteiger partial charge in [-0.2, -0.15) is 5.10 Å². The molecular formula is C25H22N4O4. The van der Waals surface area contributed by atoms with E-state index in [1.54, 1.807) is 24.2 Å². The van der Waals surface area contributed by atoms with Crippen molar-refractivity contribution < 1.29 is 19.4 Å². The van der Waals surface area contributed by atoms with Gasteiger partial charge >= 0.3 is 5.97 Å². The molecular weight excluding hydrogens is 420 g/mol. The molecule has 0 amide bonds. The second-order valence-corrected chi connectivity index (χ2v) is 7.84. The number of benzene rings is 2. The summed E-state index contributed by atoms with van der Waals surface area (Å²) in [5.41, 5.74) is 5.69. The molecule has 1 aliphatic rings. The number of hydrogen-bond acceptors (Lipinski definition) is 6. The largest absolute Gasteiger partial charge is 0.497 e. The lowest BCUT2D eigenvalue weighted by atomic mass is 9.88. The maximum absolute atomic E-state index is 11.9. The first-order chi connectivity index (χ1) is 16.1. The molecule has 1 aliphatic carbocycles. The standard InChI is InChI=1S/C25H22N4O4/c1-32-19-4-2-3-16(9-19)13-29-24-21-8-6-20(33-14-17-11-26-15-27-12-17)10-18(21)5-7-22(24)23(28-29)25(30)31/h2-4,6,8-12,15H,5,7,13-14H2,1H3,(H,30,31). The Morgan fingerprint density at radius 1 is 1.06 bits per heavy atom. The second-order valence-electron chi connectivity index (χ2n) is 7.84. The highest BCUT2D eigenvalue weighted by Gasteiger charge is 2.28. The molecule has 2 aromatic carbocycles. The Balaban J connectivity index is 1.49. The molecule has 0 bridgehead atoms. The van der Waals surface area contributed by atoms with Crippen LogP contribution in [0.4, 0.5) is 0 Å². The first kappa shape index (κ1) is 20.7. The molecule has 33 heavy (non-hydrogen) atoms. The molecule has 2 aromatic heterocycles. The zero-order valence-corrected chi connectivity index (χ0v) is 18.1. The Kier molecular flexibility index (Phi) is 5.48. The van der Waals surface area contributed by atoms with Crippen LogP contribution in [0.2, 0.25) is 0 Å². The number of fused-ring (bicyclic) bond motifs is 3. The Labute approximate surface area is 190 Å². The Bertz CT molecular complexity index is 1320. The Hall–Kier alpha value is -4.20. The van der Waals surface area contributed by atoms with Crippen LogP contribution in [0, 0.1) is 0 Å². The summed E-state index contributed by atoms with van der Waals surface area (Å²) in [5, 5.41) is 14.2. The summed E-state index contributed by atoms with van der Waals surface area (Å²) < 4.78 is 13.0. The van der Waals surface area contributed by atoms with E-state index in [4.69, 9.17) is 9.47 Å².